The van der Waals surface area contributed by atoms with Crippen molar-refractivity contribution in [2.45, 2.75) is 50.6 Å². The number of benzene rings is 1. The molecule has 2 aliphatic rings. The monoisotopic (exact) mass is 520 g/mol. The van der Waals surface area contributed by atoms with Gasteiger partial charge in [0.05, 0.1) is 0 Å². The Morgan fingerprint density at radius 3 is 2.58 bits per heavy atom. The predicted molar refractivity (Wildman–Crippen MR) is 107 cm³/mol. The number of ether oxygens (including phenoxy) is 1. The van der Waals surface area contributed by atoms with Gasteiger partial charge in [-0.2, -0.15) is 0 Å². The van der Waals surface area contributed by atoms with Gasteiger partial charge in [-0.3, -0.25) is 0 Å². The van der Waals surface area contributed by atoms with E-state index in [1.807, 2.05) is 25.7 Å². The number of fused-ring (bicyclic) bond motifs is 3. The number of halogens is 2. The summed E-state index contributed by atoms with van der Waals surface area (Å²) in [6, 6.07) is 4.84. The molecule has 1 aromatic carbocycles. The Labute approximate surface area is 167 Å². The quantitative estimate of drug-likeness (QED) is 0.531. The summed E-state index contributed by atoms with van der Waals surface area (Å²) in [5, 5.41) is 0. The van der Waals surface area contributed by atoms with E-state index >= 15 is 0 Å². The van der Waals surface area contributed by atoms with Crippen LogP contribution in [-0.4, -0.2) is 56.3 Å². The Morgan fingerprint density at radius 1 is 1.29 bits per heavy atom. The normalized spacial score (nSPS) is 24.1. The Bertz CT molecular complexity index is 663. The average molecular weight is 522 g/mol. The van der Waals surface area contributed by atoms with Crippen molar-refractivity contribution in [3.8, 4) is 0 Å². The summed E-state index contributed by atoms with van der Waals surface area (Å²) in [7, 11) is 0. The van der Waals surface area contributed by atoms with Crippen LogP contribution in [0.1, 0.15) is 34.1 Å². The maximum absolute atomic E-state index is 12.5. The van der Waals surface area contributed by atoms with E-state index in [-0.39, 0.29) is 21.8 Å². The van der Waals surface area contributed by atoms with Crippen molar-refractivity contribution in [3.05, 3.63) is 21.1 Å². The van der Waals surface area contributed by atoms with Crippen molar-refractivity contribution in [2.24, 2.45) is 0 Å². The molecule has 0 aliphatic carbocycles. The maximum atomic E-state index is 12.5. The molecule has 1 amide bonds. The second kappa shape index (κ2) is 6.85. The molecule has 2 aliphatic heterocycles. The minimum absolute atomic E-state index is 0.175. The first-order chi connectivity index (χ1) is 11.2. The Hall–Kier alpha value is -0.192. The Balaban J connectivity index is 1.84. The van der Waals surface area contributed by atoms with E-state index in [1.165, 1.54) is 10.0 Å². The van der Waals surface area contributed by atoms with Gasteiger partial charge in [0.1, 0.15) is 0 Å². The van der Waals surface area contributed by atoms with E-state index in [4.69, 9.17) is 4.74 Å². The number of carbonyl (C=O) groups excluding carboxylic acids is 1. The van der Waals surface area contributed by atoms with Gasteiger partial charge in [-0.15, -0.1) is 0 Å². The first-order valence-corrected chi connectivity index (χ1v) is 12.1. The average Bonchev–Trinajstić information content (AvgIpc) is 2.82. The summed E-state index contributed by atoms with van der Waals surface area (Å²) in [6.45, 7) is 9.48. The Morgan fingerprint density at radius 2 is 1.96 bits per heavy atom. The molecular weight excluding hydrogens is 499 g/mol. The fraction of sp³-hybridized carbons (Fsp3) is 0.588. The zero-order chi connectivity index (χ0) is 17.6. The molecule has 0 spiro atoms. The van der Waals surface area contributed by atoms with E-state index in [1.54, 1.807) is 0 Å². The second-order valence-electron chi connectivity index (χ2n) is 7.30. The van der Waals surface area contributed by atoms with Gasteiger partial charge in [-0.1, -0.05) is 0 Å². The molecule has 4 nitrogen and oxygen atoms in total. The molecule has 132 valence electrons. The molecule has 0 N–H and O–H groups in total. The summed E-state index contributed by atoms with van der Waals surface area (Å²) in [5.41, 5.74) is 0.909. The number of nitrogens with zero attached hydrogens (tertiary/aromatic N) is 2. The minimum atomic E-state index is -0.444. The van der Waals surface area contributed by atoms with E-state index < -0.39 is 5.60 Å². The van der Waals surface area contributed by atoms with Gasteiger partial charge in [-0.05, 0) is 0 Å². The second-order valence-corrected chi connectivity index (χ2v) is 12.1. The molecule has 7 heteroatoms. The predicted octanol–water partition coefficient (Wildman–Crippen LogP) is 3.45. The van der Waals surface area contributed by atoms with Gasteiger partial charge in [0.25, 0.3) is 0 Å². The molecule has 1 aromatic rings. The van der Waals surface area contributed by atoms with Crippen LogP contribution in [0.4, 0.5) is 10.5 Å². The fourth-order valence-electron chi connectivity index (χ4n) is 3.29. The van der Waals surface area contributed by atoms with Crippen LogP contribution in [0.2, 0.25) is 0 Å². The van der Waals surface area contributed by atoms with Crippen molar-refractivity contribution in [1.82, 2.24) is 4.90 Å². The van der Waals surface area contributed by atoms with Crippen LogP contribution >= 0.6 is 31.9 Å². The van der Waals surface area contributed by atoms with E-state index in [9.17, 15) is 4.79 Å². The van der Waals surface area contributed by atoms with Gasteiger partial charge >= 0.3 is 168 Å². The number of amides is 1. The zero-order valence-electron chi connectivity index (χ0n) is 14.4. The first kappa shape index (κ1) is 18.6. The number of rotatable bonds is 1. The topological polar surface area (TPSA) is 32.8 Å². The number of piperazine rings is 1. The molecule has 2 heterocycles. The molecule has 0 saturated carbocycles. The van der Waals surface area contributed by atoms with Crippen LogP contribution in [0.25, 0.3) is 0 Å². The number of anilines is 1. The third kappa shape index (κ3) is 3.66. The molecular formula is C17H23AsBr2N2O2. The number of hydrogen-bond donors (Lipinski definition) is 0. The number of hydrogen-bond acceptors (Lipinski definition) is 3. The Kier molecular flexibility index (Phi) is 5.30. The summed E-state index contributed by atoms with van der Waals surface area (Å²) in [4.78, 5) is 17.5. The molecule has 0 aromatic heterocycles. The van der Waals surface area contributed by atoms with Crippen LogP contribution in [0.15, 0.2) is 21.1 Å². The third-order valence-corrected chi connectivity index (χ3v) is 9.32. The van der Waals surface area contributed by atoms with Gasteiger partial charge < -0.3 is 0 Å². The molecule has 3 atom stereocenters. The molecule has 24 heavy (non-hydrogen) atoms. The van der Waals surface area contributed by atoms with Crippen molar-refractivity contribution < 1.29 is 9.53 Å². The fourth-order valence-corrected chi connectivity index (χ4v) is 8.06. The summed E-state index contributed by atoms with van der Waals surface area (Å²) >= 11 is 6.93. The van der Waals surface area contributed by atoms with E-state index in [0.29, 0.717) is 10.9 Å². The summed E-state index contributed by atoms with van der Waals surface area (Å²) in [5.74, 6) is 0. The van der Waals surface area contributed by atoms with E-state index in [2.05, 4.69) is 55.8 Å². The van der Waals surface area contributed by atoms with E-state index in [0.717, 1.165) is 28.5 Å². The summed E-state index contributed by atoms with van der Waals surface area (Å²) < 4.78 is 9.28. The molecule has 1 saturated heterocycles. The number of carbonyl (C=O) groups is 1. The van der Waals surface area contributed by atoms with Crippen LogP contribution in [0.5, 0.6) is 0 Å². The van der Waals surface area contributed by atoms with Gasteiger partial charge in [-0.25, -0.2) is 0 Å². The first-order valence-electron chi connectivity index (χ1n) is 8.21. The van der Waals surface area contributed by atoms with Gasteiger partial charge in [0.15, 0.2) is 0 Å². The van der Waals surface area contributed by atoms with Crippen LogP contribution in [0.3, 0.4) is 0 Å². The third-order valence-electron chi connectivity index (χ3n) is 4.32. The van der Waals surface area contributed by atoms with Crippen molar-refractivity contribution >= 4 is 63.7 Å². The zero-order valence-corrected chi connectivity index (χ0v) is 19.7. The standard InChI is InChI=1S/C17H23AsBr2N2O2/c1-5-10-8-21(16(23)24-17(2,3)4)9-15-18-11-6-12(19)13(20)7-14(11)22(10)15/h6-7,10,15,18H,5,8-9H2,1-4H3. The van der Waals surface area contributed by atoms with Crippen LogP contribution in [-0.2, 0) is 4.74 Å². The van der Waals surface area contributed by atoms with Crippen molar-refractivity contribution in [1.29, 1.82) is 0 Å². The van der Waals surface area contributed by atoms with Crippen molar-refractivity contribution in [3.63, 3.8) is 0 Å². The molecule has 1 fully saturated rings. The van der Waals surface area contributed by atoms with Gasteiger partial charge in [0.2, 0.25) is 0 Å². The molecule has 3 rings (SSSR count). The van der Waals surface area contributed by atoms with Gasteiger partial charge in [0, 0.05) is 0 Å². The molecule has 0 radical (unpaired) electrons. The SMILES string of the molecule is CCC1CN(C(=O)OC(C)(C)C)CC2[AsH]c3cc(Br)c(Br)cc3N12. The molecule has 0 bridgehead atoms. The van der Waals surface area contributed by atoms with Crippen molar-refractivity contribution in [2.75, 3.05) is 18.0 Å². The molecule has 3 unspecified atom stereocenters. The van der Waals surface area contributed by atoms with Crippen LogP contribution in [0, 0.1) is 0 Å². The van der Waals surface area contributed by atoms with Crippen LogP contribution < -0.4 is 9.25 Å². The summed E-state index contributed by atoms with van der Waals surface area (Å²) in [6.07, 6.45) is 0.847.